The second kappa shape index (κ2) is 10.3. The second-order valence-corrected chi connectivity index (χ2v) is 9.52. The largest absolute Gasteiger partial charge is 0.472 e. The van der Waals surface area contributed by atoms with Gasteiger partial charge in [0.2, 0.25) is 0 Å². The van der Waals surface area contributed by atoms with E-state index in [1.165, 1.54) is 0 Å². The molecule has 9 nitrogen and oxygen atoms in total. The molecule has 2 rings (SSSR count). The summed E-state index contributed by atoms with van der Waals surface area (Å²) in [5.41, 5.74) is 6.10. The molecule has 28 heavy (non-hydrogen) atoms. The van der Waals surface area contributed by atoms with Crippen molar-refractivity contribution in [1.29, 1.82) is 0 Å². The Kier molecular flexibility index (Phi) is 8.88. The Balaban J connectivity index is 1.93. The maximum Gasteiger partial charge on any atom is 0.472 e. The van der Waals surface area contributed by atoms with Crippen LogP contribution >= 0.6 is 7.82 Å². The minimum absolute atomic E-state index is 0.00652. The Morgan fingerprint density at radius 2 is 1.79 bits per heavy atom. The first-order valence-electron chi connectivity index (χ1n) is 9.97. The van der Waals surface area contributed by atoms with Crippen molar-refractivity contribution in [1.82, 2.24) is 0 Å². The summed E-state index contributed by atoms with van der Waals surface area (Å²) in [6, 6.07) is -0.565. The molecule has 8 atom stereocenters. The predicted octanol–water partition coefficient (Wildman–Crippen LogP) is 2.00. The van der Waals surface area contributed by atoms with Crippen LogP contribution < -0.4 is 5.73 Å². The van der Waals surface area contributed by atoms with Crippen LogP contribution in [0.3, 0.4) is 0 Å². The summed E-state index contributed by atoms with van der Waals surface area (Å²) in [6.07, 6.45) is -1.60. The molecule has 0 aromatic rings. The maximum atomic E-state index is 12.5. The molecule has 0 radical (unpaired) electrons. The van der Waals surface area contributed by atoms with Gasteiger partial charge in [0.15, 0.2) is 0 Å². The summed E-state index contributed by atoms with van der Waals surface area (Å²) in [5, 5.41) is 0. The zero-order valence-electron chi connectivity index (χ0n) is 17.6. The van der Waals surface area contributed by atoms with Crippen LogP contribution in [-0.4, -0.2) is 73.0 Å². The molecule has 2 fully saturated rings. The van der Waals surface area contributed by atoms with E-state index < -0.39 is 32.2 Å². The van der Waals surface area contributed by atoms with Crippen molar-refractivity contribution in [3.8, 4) is 0 Å². The van der Waals surface area contributed by atoms with E-state index in [1.54, 1.807) is 6.92 Å². The molecule has 2 aliphatic heterocycles. The average molecular weight is 425 g/mol. The number of phosphoric acid groups is 1. The smallest absolute Gasteiger partial charge is 0.376 e. The SMILES string of the molecule is CC(C)OC[C@H]1O[C@@H](C)C(N)[C@H]1OP(=O)(O)OC[C@H]1O[C@@H](C)C[C@H]1OC(C)C. The van der Waals surface area contributed by atoms with E-state index in [0.717, 1.165) is 0 Å². The summed E-state index contributed by atoms with van der Waals surface area (Å²) < 4.78 is 46.0. The van der Waals surface area contributed by atoms with Gasteiger partial charge >= 0.3 is 7.82 Å². The summed E-state index contributed by atoms with van der Waals surface area (Å²) in [6.45, 7) is 11.5. The van der Waals surface area contributed by atoms with Gasteiger partial charge in [-0.2, -0.15) is 0 Å². The minimum Gasteiger partial charge on any atom is -0.376 e. The number of hydrogen-bond donors (Lipinski definition) is 2. The molecule has 2 aliphatic rings. The van der Waals surface area contributed by atoms with Crippen LogP contribution in [0, 0.1) is 0 Å². The van der Waals surface area contributed by atoms with Crippen LogP contribution in [0.5, 0.6) is 0 Å². The molecule has 10 heteroatoms. The van der Waals surface area contributed by atoms with Crippen LogP contribution in [0.1, 0.15) is 48.0 Å². The highest BCUT2D eigenvalue weighted by atomic mass is 31.2. The number of hydrogen-bond acceptors (Lipinski definition) is 8. The number of rotatable bonds is 10. The predicted molar refractivity (Wildman–Crippen MR) is 103 cm³/mol. The van der Waals surface area contributed by atoms with Crippen molar-refractivity contribution in [2.75, 3.05) is 13.2 Å². The molecule has 2 saturated heterocycles. The van der Waals surface area contributed by atoms with E-state index in [0.29, 0.717) is 6.42 Å². The molecule has 0 aliphatic carbocycles. The fourth-order valence-corrected chi connectivity index (χ4v) is 4.41. The molecular weight excluding hydrogens is 389 g/mol. The summed E-state index contributed by atoms with van der Waals surface area (Å²) in [7, 11) is -4.37. The molecule has 0 spiro atoms. The lowest BCUT2D eigenvalue weighted by molar-refractivity contribution is -0.0701. The molecular formula is C18H36NO8P. The van der Waals surface area contributed by atoms with Gasteiger partial charge in [-0.05, 0) is 41.5 Å². The van der Waals surface area contributed by atoms with Gasteiger partial charge in [0, 0.05) is 6.42 Å². The van der Waals surface area contributed by atoms with E-state index in [9.17, 15) is 9.46 Å². The lowest BCUT2D eigenvalue weighted by Crippen LogP contribution is -2.42. The normalized spacial score (nSPS) is 38.4. The highest BCUT2D eigenvalue weighted by Gasteiger charge is 2.46. The summed E-state index contributed by atoms with van der Waals surface area (Å²) >= 11 is 0. The first-order chi connectivity index (χ1) is 13.0. The van der Waals surface area contributed by atoms with Crippen molar-refractivity contribution < 1.29 is 37.5 Å². The second-order valence-electron chi connectivity index (χ2n) is 8.12. The zero-order valence-corrected chi connectivity index (χ0v) is 18.5. The quantitative estimate of drug-likeness (QED) is 0.507. The van der Waals surface area contributed by atoms with E-state index in [4.69, 9.17) is 33.7 Å². The first kappa shape index (κ1) is 24.2. The van der Waals surface area contributed by atoms with Gasteiger partial charge < -0.3 is 29.6 Å². The van der Waals surface area contributed by atoms with Gasteiger partial charge in [0.05, 0.1) is 49.8 Å². The number of nitrogens with two attached hydrogens (primary N) is 1. The molecule has 0 aromatic heterocycles. The average Bonchev–Trinajstić information content (AvgIpc) is 3.04. The van der Waals surface area contributed by atoms with Gasteiger partial charge in [-0.1, -0.05) is 0 Å². The third kappa shape index (κ3) is 7.00. The van der Waals surface area contributed by atoms with Gasteiger partial charge in [0.1, 0.15) is 18.3 Å². The first-order valence-corrected chi connectivity index (χ1v) is 11.5. The summed E-state index contributed by atoms with van der Waals surface area (Å²) in [5.74, 6) is 0. The molecule has 0 amide bonds. The zero-order chi connectivity index (χ0) is 21.1. The van der Waals surface area contributed by atoms with E-state index in [2.05, 4.69) is 0 Å². The Morgan fingerprint density at radius 3 is 2.39 bits per heavy atom. The lowest BCUT2D eigenvalue weighted by Gasteiger charge is -2.26. The van der Waals surface area contributed by atoms with Crippen LogP contribution in [0.4, 0.5) is 0 Å². The molecule has 0 aromatic carbocycles. The molecule has 3 N–H and O–H groups in total. The van der Waals surface area contributed by atoms with Crippen molar-refractivity contribution in [2.45, 2.75) is 103 Å². The van der Waals surface area contributed by atoms with Crippen molar-refractivity contribution in [3.05, 3.63) is 0 Å². The van der Waals surface area contributed by atoms with Crippen molar-refractivity contribution >= 4 is 7.82 Å². The molecule has 166 valence electrons. The summed E-state index contributed by atoms with van der Waals surface area (Å²) in [4.78, 5) is 10.2. The highest BCUT2D eigenvalue weighted by Crippen LogP contribution is 2.47. The van der Waals surface area contributed by atoms with Crippen LogP contribution in [0.25, 0.3) is 0 Å². The third-order valence-electron chi connectivity index (χ3n) is 4.76. The molecule has 2 heterocycles. The number of ether oxygens (including phenoxy) is 4. The van der Waals surface area contributed by atoms with Crippen LogP contribution in [0.15, 0.2) is 0 Å². The van der Waals surface area contributed by atoms with Crippen molar-refractivity contribution in [2.24, 2.45) is 5.73 Å². The van der Waals surface area contributed by atoms with E-state index in [1.807, 2.05) is 34.6 Å². The number of phosphoric ester groups is 1. The Labute approximate surface area is 167 Å². The Morgan fingerprint density at radius 1 is 1.11 bits per heavy atom. The fraction of sp³-hybridized carbons (Fsp3) is 1.00. The topological polar surface area (TPSA) is 119 Å². The Hall–Kier alpha value is -0.0900. The van der Waals surface area contributed by atoms with Gasteiger partial charge in [-0.3, -0.25) is 9.05 Å². The van der Waals surface area contributed by atoms with Crippen LogP contribution in [0.2, 0.25) is 0 Å². The van der Waals surface area contributed by atoms with Gasteiger partial charge in [-0.25, -0.2) is 4.57 Å². The van der Waals surface area contributed by atoms with Crippen molar-refractivity contribution in [3.63, 3.8) is 0 Å². The van der Waals surface area contributed by atoms with Gasteiger partial charge in [0.25, 0.3) is 0 Å². The third-order valence-corrected chi connectivity index (χ3v) is 5.75. The highest BCUT2D eigenvalue weighted by molar-refractivity contribution is 7.47. The maximum absolute atomic E-state index is 12.5. The van der Waals surface area contributed by atoms with E-state index in [-0.39, 0.29) is 43.7 Å². The van der Waals surface area contributed by atoms with E-state index >= 15 is 0 Å². The standard InChI is InChI=1S/C18H36NO8P/c1-10(2)22-8-16-18(17(19)13(6)26-16)27-28(20,21)23-9-15-14(24-11(3)4)7-12(5)25-15/h10-18H,7-9,19H2,1-6H3,(H,20,21)/t12-,13-,14+,15+,16+,17?,18-/m0/s1. The molecule has 0 saturated carbocycles. The minimum atomic E-state index is -4.37. The lowest BCUT2D eigenvalue weighted by atomic mass is 10.1. The monoisotopic (exact) mass is 425 g/mol. The molecule has 0 bridgehead atoms. The van der Waals surface area contributed by atoms with Crippen LogP contribution in [-0.2, 0) is 32.6 Å². The Bertz CT molecular complexity index is 534. The fourth-order valence-electron chi connectivity index (χ4n) is 3.43. The molecule has 2 unspecified atom stereocenters. The van der Waals surface area contributed by atoms with Gasteiger partial charge in [-0.15, -0.1) is 0 Å².